The van der Waals surface area contributed by atoms with Crippen LogP contribution >= 0.6 is 0 Å². The fraction of sp³-hybridized carbons (Fsp3) is 0.857. The molecule has 0 saturated carbocycles. The normalized spacial score (nSPS) is 19.5. The van der Waals surface area contributed by atoms with Gasteiger partial charge in [0, 0.05) is 20.2 Å². The zero-order chi connectivity index (χ0) is 7.61. The first-order chi connectivity index (χ1) is 4.75. The Hall–Kier alpha value is -0.610. The third kappa shape index (κ3) is 1.52. The molecule has 0 unspecified atom stereocenters. The van der Waals surface area contributed by atoms with Gasteiger partial charge in [-0.3, -0.25) is 0 Å². The van der Waals surface area contributed by atoms with Crippen LogP contribution in [-0.4, -0.2) is 38.9 Å². The molecule has 4 nitrogen and oxygen atoms in total. The van der Waals surface area contributed by atoms with Gasteiger partial charge < -0.3 is 14.8 Å². The third-order valence-electron chi connectivity index (χ3n) is 1.77. The second-order valence-corrected chi connectivity index (χ2v) is 2.29. The summed E-state index contributed by atoms with van der Waals surface area (Å²) < 4.78 is 9.53. The van der Waals surface area contributed by atoms with Crippen LogP contribution in [-0.2, 0) is 14.3 Å². The Morgan fingerprint density at radius 3 is 2.09 bits per heavy atom. The molecule has 0 spiro atoms. The first-order valence-corrected chi connectivity index (χ1v) is 3.09. The number of carbonyl (C=O) groups excluding carboxylic acids is 1. The van der Waals surface area contributed by atoms with E-state index in [9.17, 15) is 4.79 Å². The van der Waals surface area contributed by atoms with Crippen molar-refractivity contribution in [3.05, 3.63) is 0 Å². The van der Waals surface area contributed by atoms with E-state index in [2.05, 4.69) is 10.1 Å². The van der Waals surface area contributed by atoms with Crippen LogP contribution in [0.25, 0.3) is 0 Å². The van der Waals surface area contributed by atoms with Crippen molar-refractivity contribution in [2.24, 2.45) is 0 Å². The van der Waals surface area contributed by atoms with Crippen LogP contribution in [0.1, 0.15) is 7.43 Å². The van der Waals surface area contributed by atoms with Crippen LogP contribution in [0.4, 0.5) is 0 Å². The summed E-state index contributed by atoms with van der Waals surface area (Å²) in [5, 5.41) is 2.94. The summed E-state index contributed by atoms with van der Waals surface area (Å²) in [6, 6.07) is 0. The summed E-state index contributed by atoms with van der Waals surface area (Å²) >= 11 is 0. The SMILES string of the molecule is C.COC(=O)C1(OC)CNC1. The highest BCUT2D eigenvalue weighted by molar-refractivity contribution is 5.81. The van der Waals surface area contributed by atoms with Crippen LogP contribution in [0.15, 0.2) is 0 Å². The summed E-state index contributed by atoms with van der Waals surface area (Å²) in [4.78, 5) is 11.0. The van der Waals surface area contributed by atoms with Crippen LogP contribution in [0.3, 0.4) is 0 Å². The van der Waals surface area contributed by atoms with Gasteiger partial charge in [-0.2, -0.15) is 0 Å². The van der Waals surface area contributed by atoms with Crippen molar-refractivity contribution in [1.82, 2.24) is 5.32 Å². The van der Waals surface area contributed by atoms with Gasteiger partial charge in [-0.1, -0.05) is 7.43 Å². The predicted octanol–water partition coefficient (Wildman–Crippen LogP) is -0.216. The van der Waals surface area contributed by atoms with Crippen molar-refractivity contribution >= 4 is 5.97 Å². The van der Waals surface area contributed by atoms with Crippen LogP contribution in [0.5, 0.6) is 0 Å². The van der Waals surface area contributed by atoms with E-state index in [0.29, 0.717) is 13.1 Å². The van der Waals surface area contributed by atoms with Gasteiger partial charge in [0.15, 0.2) is 5.60 Å². The molecule has 0 aromatic rings. The molecule has 0 bridgehead atoms. The fourth-order valence-corrected chi connectivity index (χ4v) is 0.910. The lowest BCUT2D eigenvalue weighted by atomic mass is 9.97. The quantitative estimate of drug-likeness (QED) is 0.569. The van der Waals surface area contributed by atoms with Gasteiger partial charge in [-0.25, -0.2) is 4.79 Å². The lowest BCUT2D eigenvalue weighted by molar-refractivity contribution is -0.172. The van der Waals surface area contributed by atoms with E-state index in [4.69, 9.17) is 4.74 Å². The number of ether oxygens (including phenoxy) is 2. The lowest BCUT2D eigenvalue weighted by Gasteiger charge is -2.37. The topological polar surface area (TPSA) is 47.6 Å². The smallest absolute Gasteiger partial charge is 0.340 e. The molecule has 1 aliphatic heterocycles. The molecule has 0 aliphatic carbocycles. The molecule has 0 radical (unpaired) electrons. The number of hydrogen-bond donors (Lipinski definition) is 1. The monoisotopic (exact) mass is 161 g/mol. The van der Waals surface area contributed by atoms with Crippen LogP contribution < -0.4 is 5.32 Å². The molecule has 1 fully saturated rings. The van der Waals surface area contributed by atoms with Gasteiger partial charge in [0.1, 0.15) is 0 Å². The second-order valence-electron chi connectivity index (χ2n) is 2.29. The van der Waals surface area contributed by atoms with Gasteiger partial charge >= 0.3 is 5.97 Å². The number of nitrogens with one attached hydrogen (secondary N) is 1. The first-order valence-electron chi connectivity index (χ1n) is 3.09. The highest BCUT2D eigenvalue weighted by atomic mass is 16.6. The maximum absolute atomic E-state index is 11.0. The second kappa shape index (κ2) is 3.69. The Labute approximate surface area is 66.9 Å². The van der Waals surface area contributed by atoms with Crippen molar-refractivity contribution in [3.8, 4) is 0 Å². The Morgan fingerprint density at radius 1 is 1.45 bits per heavy atom. The third-order valence-corrected chi connectivity index (χ3v) is 1.77. The molecule has 1 aliphatic rings. The summed E-state index contributed by atoms with van der Waals surface area (Å²) in [7, 11) is 2.87. The Kier molecular flexibility index (Phi) is 3.48. The molecule has 1 rings (SSSR count). The lowest BCUT2D eigenvalue weighted by Crippen LogP contribution is -2.65. The van der Waals surface area contributed by atoms with Gasteiger partial charge in [0.25, 0.3) is 0 Å². The summed E-state index contributed by atoms with van der Waals surface area (Å²) in [6.07, 6.45) is 0. The van der Waals surface area contributed by atoms with E-state index in [0.717, 1.165) is 0 Å². The molecule has 0 aromatic heterocycles. The van der Waals surface area contributed by atoms with E-state index in [1.807, 2.05) is 0 Å². The zero-order valence-electron chi connectivity index (χ0n) is 6.14. The average Bonchev–Trinajstić information content (AvgIpc) is 1.86. The molecular weight excluding hydrogens is 146 g/mol. The van der Waals surface area contributed by atoms with E-state index >= 15 is 0 Å². The molecule has 66 valence electrons. The van der Waals surface area contributed by atoms with E-state index in [1.165, 1.54) is 14.2 Å². The predicted molar refractivity (Wildman–Crippen MR) is 41.4 cm³/mol. The van der Waals surface area contributed by atoms with E-state index < -0.39 is 5.60 Å². The minimum atomic E-state index is -0.700. The summed E-state index contributed by atoms with van der Waals surface area (Å²) in [5.74, 6) is -0.297. The van der Waals surface area contributed by atoms with E-state index in [1.54, 1.807) is 0 Å². The highest BCUT2D eigenvalue weighted by Crippen LogP contribution is 2.16. The first kappa shape index (κ1) is 10.4. The molecule has 0 aromatic carbocycles. The zero-order valence-corrected chi connectivity index (χ0v) is 6.14. The summed E-state index contributed by atoms with van der Waals surface area (Å²) in [6.45, 7) is 1.10. The number of rotatable bonds is 2. The van der Waals surface area contributed by atoms with Gasteiger partial charge in [-0.15, -0.1) is 0 Å². The molecule has 0 amide bonds. The number of hydrogen-bond acceptors (Lipinski definition) is 4. The maximum atomic E-state index is 11.0. The van der Waals surface area contributed by atoms with Crippen molar-refractivity contribution in [2.45, 2.75) is 13.0 Å². The maximum Gasteiger partial charge on any atom is 0.340 e. The largest absolute Gasteiger partial charge is 0.467 e. The van der Waals surface area contributed by atoms with Crippen molar-refractivity contribution < 1.29 is 14.3 Å². The minimum absolute atomic E-state index is 0. The number of esters is 1. The van der Waals surface area contributed by atoms with Crippen molar-refractivity contribution in [2.75, 3.05) is 27.3 Å². The van der Waals surface area contributed by atoms with Gasteiger partial charge in [0.05, 0.1) is 7.11 Å². The van der Waals surface area contributed by atoms with Gasteiger partial charge in [0.2, 0.25) is 0 Å². The Morgan fingerprint density at radius 2 is 2.00 bits per heavy atom. The van der Waals surface area contributed by atoms with E-state index in [-0.39, 0.29) is 13.4 Å². The Bertz CT molecular complexity index is 137. The molecule has 4 heteroatoms. The Balaban J connectivity index is 0.000001000. The average molecular weight is 161 g/mol. The molecule has 1 N–H and O–H groups in total. The minimum Gasteiger partial charge on any atom is -0.467 e. The van der Waals surface area contributed by atoms with Crippen LogP contribution in [0.2, 0.25) is 0 Å². The fourth-order valence-electron chi connectivity index (χ4n) is 0.910. The van der Waals surface area contributed by atoms with Gasteiger partial charge in [-0.05, 0) is 0 Å². The number of methoxy groups -OCH3 is 2. The van der Waals surface area contributed by atoms with Crippen molar-refractivity contribution in [3.63, 3.8) is 0 Å². The molecule has 0 atom stereocenters. The van der Waals surface area contributed by atoms with Crippen molar-refractivity contribution in [1.29, 1.82) is 0 Å². The molecular formula is C7H15NO3. The van der Waals surface area contributed by atoms with Crippen LogP contribution in [0, 0.1) is 0 Å². The highest BCUT2D eigenvalue weighted by Gasteiger charge is 2.45. The molecule has 1 heterocycles. The number of carbonyl (C=O) groups is 1. The molecule has 11 heavy (non-hydrogen) atoms. The summed E-state index contributed by atoms with van der Waals surface area (Å²) in [5.41, 5.74) is -0.700. The molecule has 1 saturated heterocycles. The standard InChI is InChI=1S/C6H11NO3.CH4/c1-9-5(8)6(10-2)3-7-4-6;/h7H,3-4H2,1-2H3;1H4.